The highest BCUT2D eigenvalue weighted by Gasteiger charge is 2.33. The Morgan fingerprint density at radius 2 is 1.81 bits per heavy atom. The van der Waals surface area contributed by atoms with Crippen molar-refractivity contribution in [2.24, 2.45) is 0 Å². The van der Waals surface area contributed by atoms with Gasteiger partial charge in [0.2, 0.25) is 0 Å². The molecule has 0 radical (unpaired) electrons. The maximum Gasteiger partial charge on any atom is 0.433 e. The lowest BCUT2D eigenvalue weighted by Crippen LogP contribution is -2.11. The molecule has 0 amide bonds. The van der Waals surface area contributed by atoms with Crippen LogP contribution in [0.15, 0.2) is 30.3 Å². The second-order valence-corrected chi connectivity index (χ2v) is 5.09. The SMILES string of the molecule is Cc1cc(C(=O)c2ccc(C(F)(F)F)nc2Cl)ccc1Cl. The van der Waals surface area contributed by atoms with E-state index in [-0.39, 0.29) is 11.1 Å². The fourth-order valence-electron chi connectivity index (χ4n) is 1.70. The van der Waals surface area contributed by atoms with Crippen molar-refractivity contribution in [1.82, 2.24) is 4.98 Å². The highest BCUT2D eigenvalue weighted by Crippen LogP contribution is 2.30. The number of aromatic nitrogens is 1. The van der Waals surface area contributed by atoms with Gasteiger partial charge in [-0.25, -0.2) is 4.98 Å². The average Bonchev–Trinajstić information content (AvgIpc) is 2.40. The minimum Gasteiger partial charge on any atom is -0.288 e. The van der Waals surface area contributed by atoms with Gasteiger partial charge < -0.3 is 0 Å². The summed E-state index contributed by atoms with van der Waals surface area (Å²) in [5.74, 6) is -0.513. The highest BCUT2D eigenvalue weighted by molar-refractivity contribution is 6.34. The van der Waals surface area contributed by atoms with Crippen LogP contribution in [0.25, 0.3) is 0 Å². The fraction of sp³-hybridized carbons (Fsp3) is 0.143. The third-order valence-corrected chi connectivity index (χ3v) is 3.52. The summed E-state index contributed by atoms with van der Waals surface area (Å²) in [6, 6.07) is 6.30. The van der Waals surface area contributed by atoms with Crippen LogP contribution in [0.5, 0.6) is 0 Å². The first-order valence-corrected chi connectivity index (χ1v) is 6.50. The Labute approximate surface area is 128 Å². The minimum atomic E-state index is -4.61. The first-order chi connectivity index (χ1) is 9.70. The van der Waals surface area contributed by atoms with Crippen molar-refractivity contribution in [3.63, 3.8) is 0 Å². The smallest absolute Gasteiger partial charge is 0.288 e. The normalized spacial score (nSPS) is 11.5. The summed E-state index contributed by atoms with van der Waals surface area (Å²) in [6.07, 6.45) is -4.61. The van der Waals surface area contributed by atoms with Gasteiger partial charge in [-0.15, -0.1) is 0 Å². The number of hydrogen-bond acceptors (Lipinski definition) is 2. The lowest BCUT2D eigenvalue weighted by molar-refractivity contribution is -0.141. The molecule has 0 N–H and O–H groups in total. The summed E-state index contributed by atoms with van der Waals surface area (Å²) in [7, 11) is 0. The molecule has 0 aliphatic heterocycles. The molecule has 0 saturated carbocycles. The van der Waals surface area contributed by atoms with E-state index in [4.69, 9.17) is 23.2 Å². The number of carbonyl (C=O) groups excluding carboxylic acids is 1. The van der Waals surface area contributed by atoms with Crippen molar-refractivity contribution in [3.05, 3.63) is 62.9 Å². The molecule has 21 heavy (non-hydrogen) atoms. The molecular weight excluding hydrogens is 326 g/mol. The number of nitrogens with zero attached hydrogens (tertiary/aromatic N) is 1. The van der Waals surface area contributed by atoms with Gasteiger partial charge in [-0.2, -0.15) is 13.2 Å². The van der Waals surface area contributed by atoms with Gasteiger partial charge in [0.15, 0.2) is 5.78 Å². The predicted molar refractivity (Wildman–Crippen MR) is 73.9 cm³/mol. The first kappa shape index (κ1) is 15.8. The Hall–Kier alpha value is -1.59. The quantitative estimate of drug-likeness (QED) is 0.575. The summed E-state index contributed by atoms with van der Waals surface area (Å²) in [6.45, 7) is 1.71. The molecule has 2 aromatic rings. The largest absolute Gasteiger partial charge is 0.433 e. The lowest BCUT2D eigenvalue weighted by atomic mass is 10.0. The second kappa shape index (κ2) is 5.66. The Morgan fingerprint density at radius 3 is 2.33 bits per heavy atom. The molecule has 1 heterocycles. The van der Waals surface area contributed by atoms with E-state index in [1.807, 2.05) is 0 Å². The van der Waals surface area contributed by atoms with Crippen molar-refractivity contribution in [2.45, 2.75) is 13.1 Å². The van der Waals surface area contributed by atoms with E-state index in [0.717, 1.165) is 12.1 Å². The Balaban J connectivity index is 2.42. The topological polar surface area (TPSA) is 30.0 Å². The van der Waals surface area contributed by atoms with Crippen molar-refractivity contribution in [2.75, 3.05) is 0 Å². The molecule has 0 aliphatic carbocycles. The van der Waals surface area contributed by atoms with E-state index in [2.05, 4.69) is 4.98 Å². The molecule has 2 rings (SSSR count). The van der Waals surface area contributed by atoms with Crippen LogP contribution in [0.1, 0.15) is 27.2 Å². The number of ketones is 1. The Kier molecular flexibility index (Phi) is 4.25. The van der Waals surface area contributed by atoms with Crippen LogP contribution in [-0.4, -0.2) is 10.8 Å². The van der Waals surface area contributed by atoms with Crippen LogP contribution in [0.4, 0.5) is 13.2 Å². The highest BCUT2D eigenvalue weighted by atomic mass is 35.5. The average molecular weight is 334 g/mol. The molecule has 0 fully saturated rings. The number of halogens is 5. The summed E-state index contributed by atoms with van der Waals surface area (Å²) in [5.41, 5.74) is -0.276. The third kappa shape index (κ3) is 3.36. The van der Waals surface area contributed by atoms with Crippen LogP contribution >= 0.6 is 23.2 Å². The van der Waals surface area contributed by atoms with Crippen LogP contribution in [0.2, 0.25) is 10.2 Å². The summed E-state index contributed by atoms with van der Waals surface area (Å²) in [4.78, 5) is 15.5. The number of pyridine rings is 1. The Bertz CT molecular complexity index is 714. The molecule has 0 aliphatic rings. The number of aryl methyl sites for hydroxylation is 1. The van der Waals surface area contributed by atoms with Crippen molar-refractivity contribution in [3.8, 4) is 0 Å². The van der Waals surface area contributed by atoms with E-state index in [9.17, 15) is 18.0 Å². The van der Waals surface area contributed by atoms with E-state index >= 15 is 0 Å². The van der Waals surface area contributed by atoms with Crippen molar-refractivity contribution in [1.29, 1.82) is 0 Å². The van der Waals surface area contributed by atoms with E-state index < -0.39 is 22.8 Å². The molecule has 1 aromatic carbocycles. The van der Waals surface area contributed by atoms with Crippen molar-refractivity contribution >= 4 is 29.0 Å². The van der Waals surface area contributed by atoms with Crippen LogP contribution < -0.4 is 0 Å². The fourth-order valence-corrected chi connectivity index (χ4v) is 2.06. The zero-order valence-electron chi connectivity index (χ0n) is 10.6. The lowest BCUT2D eigenvalue weighted by Gasteiger charge is -2.09. The molecule has 0 atom stereocenters. The van der Waals surface area contributed by atoms with Gasteiger partial charge >= 0.3 is 6.18 Å². The zero-order valence-corrected chi connectivity index (χ0v) is 12.1. The number of hydrogen-bond donors (Lipinski definition) is 0. The van der Waals surface area contributed by atoms with Gasteiger partial charge in [-0.1, -0.05) is 23.2 Å². The number of rotatable bonds is 2. The molecule has 0 saturated heterocycles. The standard InChI is InChI=1S/C14H8Cl2F3NO/c1-7-6-8(2-4-10(7)15)12(21)9-3-5-11(14(17,18)19)20-13(9)16/h2-6H,1H3. The third-order valence-electron chi connectivity index (χ3n) is 2.80. The summed E-state index contributed by atoms with van der Waals surface area (Å²) < 4.78 is 37.5. The maximum absolute atomic E-state index is 12.5. The number of benzene rings is 1. The molecule has 0 bridgehead atoms. The molecule has 0 spiro atoms. The van der Waals surface area contributed by atoms with Gasteiger partial charge in [0, 0.05) is 10.6 Å². The molecule has 1 aromatic heterocycles. The molecule has 2 nitrogen and oxygen atoms in total. The van der Waals surface area contributed by atoms with E-state index in [0.29, 0.717) is 10.6 Å². The van der Waals surface area contributed by atoms with Gasteiger partial charge in [0.05, 0.1) is 5.56 Å². The van der Waals surface area contributed by atoms with Gasteiger partial charge in [-0.05, 0) is 42.8 Å². The van der Waals surface area contributed by atoms with Gasteiger partial charge in [0.1, 0.15) is 10.8 Å². The maximum atomic E-state index is 12.5. The zero-order chi connectivity index (χ0) is 15.8. The summed E-state index contributed by atoms with van der Waals surface area (Å²) in [5, 5.41) is 0.00520. The molecule has 0 unspecified atom stereocenters. The van der Waals surface area contributed by atoms with E-state index in [1.54, 1.807) is 13.0 Å². The molecular formula is C14H8Cl2F3NO. The molecule has 110 valence electrons. The minimum absolute atomic E-state index is 0.0913. The predicted octanol–water partition coefficient (Wildman–Crippen LogP) is 4.95. The van der Waals surface area contributed by atoms with Crippen LogP contribution in [0.3, 0.4) is 0 Å². The Morgan fingerprint density at radius 1 is 1.14 bits per heavy atom. The first-order valence-electron chi connectivity index (χ1n) is 5.74. The number of alkyl halides is 3. The van der Waals surface area contributed by atoms with Crippen molar-refractivity contribution < 1.29 is 18.0 Å². The number of carbonyl (C=O) groups is 1. The van der Waals surface area contributed by atoms with Gasteiger partial charge in [-0.3, -0.25) is 4.79 Å². The monoisotopic (exact) mass is 333 g/mol. The molecule has 7 heteroatoms. The van der Waals surface area contributed by atoms with E-state index in [1.165, 1.54) is 12.1 Å². The van der Waals surface area contributed by atoms with Crippen LogP contribution in [0, 0.1) is 6.92 Å². The second-order valence-electron chi connectivity index (χ2n) is 4.33. The van der Waals surface area contributed by atoms with Gasteiger partial charge in [0.25, 0.3) is 0 Å². The van der Waals surface area contributed by atoms with Crippen LogP contribution in [-0.2, 0) is 6.18 Å². The summed E-state index contributed by atoms with van der Waals surface area (Å²) >= 11 is 11.6.